The highest BCUT2D eigenvalue weighted by atomic mass is 28.4. The van der Waals surface area contributed by atoms with Gasteiger partial charge in [0.2, 0.25) is 8.32 Å². The fraction of sp³-hybridized carbons (Fsp3) is 0.447. The van der Waals surface area contributed by atoms with Crippen LogP contribution in [-0.4, -0.2) is 60.4 Å². The van der Waals surface area contributed by atoms with Gasteiger partial charge in [-0.05, 0) is 91.3 Å². The van der Waals surface area contributed by atoms with Crippen molar-refractivity contribution >= 4 is 25.2 Å². The van der Waals surface area contributed by atoms with Crippen molar-refractivity contribution < 1.29 is 14.0 Å². The summed E-state index contributed by atoms with van der Waals surface area (Å²) >= 11 is 0. The van der Waals surface area contributed by atoms with Crippen LogP contribution in [0.25, 0.3) is 10.9 Å². The van der Waals surface area contributed by atoms with E-state index in [4.69, 9.17) is 9.16 Å². The van der Waals surface area contributed by atoms with Gasteiger partial charge in [0.25, 0.3) is 0 Å². The molecule has 0 amide bonds. The van der Waals surface area contributed by atoms with Crippen molar-refractivity contribution in [3.8, 4) is 5.75 Å². The van der Waals surface area contributed by atoms with E-state index in [-0.39, 0.29) is 23.6 Å². The maximum atomic E-state index is 12.3. The fourth-order valence-electron chi connectivity index (χ4n) is 6.27. The molecule has 0 saturated carbocycles. The molecule has 240 valence electrons. The number of piperazine rings is 1. The first kappa shape index (κ1) is 33.0. The van der Waals surface area contributed by atoms with Crippen LogP contribution in [0.2, 0.25) is 18.1 Å². The van der Waals surface area contributed by atoms with E-state index >= 15 is 0 Å². The molecule has 0 bridgehead atoms. The number of carbonyl (C=O) groups is 1. The Morgan fingerprint density at radius 2 is 1.64 bits per heavy atom. The highest BCUT2D eigenvalue weighted by Gasteiger charge is 2.39. The van der Waals surface area contributed by atoms with Crippen LogP contribution in [0.4, 0.5) is 0 Å². The molecular weight excluding hydrogens is 575 g/mol. The summed E-state index contributed by atoms with van der Waals surface area (Å²) in [4.78, 5) is 17.5. The summed E-state index contributed by atoms with van der Waals surface area (Å²) in [6.45, 7) is 21.5. The lowest BCUT2D eigenvalue weighted by Gasteiger charge is -2.48. The third-order valence-electron chi connectivity index (χ3n) is 9.79. The first-order valence-corrected chi connectivity index (χ1v) is 19.3. The van der Waals surface area contributed by atoms with E-state index in [1.54, 1.807) is 0 Å². The second-order valence-corrected chi connectivity index (χ2v) is 18.9. The van der Waals surface area contributed by atoms with E-state index < -0.39 is 8.32 Å². The third kappa shape index (κ3) is 7.54. The number of aromatic nitrogens is 1. The van der Waals surface area contributed by atoms with Crippen molar-refractivity contribution in [2.45, 2.75) is 90.9 Å². The third-order valence-corrected chi connectivity index (χ3v) is 14.2. The van der Waals surface area contributed by atoms with Crippen LogP contribution < -0.4 is 4.43 Å². The minimum atomic E-state index is -2.01. The van der Waals surface area contributed by atoms with Crippen LogP contribution >= 0.6 is 0 Å². The van der Waals surface area contributed by atoms with Gasteiger partial charge >= 0.3 is 5.97 Å². The molecular formula is C38H51N3O3Si. The van der Waals surface area contributed by atoms with Gasteiger partial charge < -0.3 is 13.7 Å². The molecule has 1 saturated heterocycles. The standard InChI is InChI=1S/C38H51N3O3Si/c1-9-43-36(42)27-39-21-20-31-22-33(18-19-35(31)39)37(32-16-13-17-34(23-32)44-45(7,8)38(4,5)6)41-25-28(2)40(24-29(41)3)26-30-14-11-10-12-15-30/h10-23,28-29,37H,9,24-27H2,1-8H3/t28-,29+,37+/m1/s1. The molecule has 1 aromatic heterocycles. The van der Waals surface area contributed by atoms with Gasteiger partial charge in [0.05, 0.1) is 12.6 Å². The quantitative estimate of drug-likeness (QED) is 0.131. The number of nitrogens with zero attached hydrogens (tertiary/aromatic N) is 3. The molecule has 1 aliphatic heterocycles. The van der Waals surface area contributed by atoms with Gasteiger partial charge in [0, 0.05) is 43.4 Å². The van der Waals surface area contributed by atoms with Crippen molar-refractivity contribution in [3.63, 3.8) is 0 Å². The number of benzene rings is 3. The van der Waals surface area contributed by atoms with Gasteiger partial charge in [-0.2, -0.15) is 0 Å². The largest absolute Gasteiger partial charge is 0.543 e. The number of esters is 1. The Hall–Kier alpha value is -3.39. The van der Waals surface area contributed by atoms with Gasteiger partial charge in [-0.1, -0.05) is 69.3 Å². The van der Waals surface area contributed by atoms with Crippen LogP contribution in [0.1, 0.15) is 64.3 Å². The van der Waals surface area contributed by atoms with Gasteiger partial charge in [-0.25, -0.2) is 0 Å². The SMILES string of the molecule is CCOC(=O)Cn1ccc2cc([C@H](c3cccc(O[Si](C)(C)C(C)(C)C)c3)N3C[C@@H](C)N(Cc4ccccc4)C[C@@H]3C)ccc21. The van der Waals surface area contributed by atoms with E-state index in [2.05, 4.69) is 136 Å². The second-order valence-electron chi connectivity index (χ2n) is 14.2. The Morgan fingerprint density at radius 3 is 2.36 bits per heavy atom. The predicted molar refractivity (Wildman–Crippen MR) is 187 cm³/mol. The van der Waals surface area contributed by atoms with Crippen molar-refractivity contribution in [3.05, 3.63) is 102 Å². The van der Waals surface area contributed by atoms with E-state index in [9.17, 15) is 4.79 Å². The highest BCUT2D eigenvalue weighted by Crippen LogP contribution is 2.40. The smallest absolute Gasteiger partial charge is 0.325 e. The Balaban J connectivity index is 1.50. The lowest BCUT2D eigenvalue weighted by Crippen LogP contribution is -2.56. The molecule has 4 aromatic rings. The molecule has 0 unspecified atom stereocenters. The van der Waals surface area contributed by atoms with Gasteiger partial charge in [-0.15, -0.1) is 0 Å². The minimum absolute atomic E-state index is 0.0575. The first-order chi connectivity index (χ1) is 21.4. The molecule has 1 aliphatic rings. The molecule has 7 heteroatoms. The summed E-state index contributed by atoms with van der Waals surface area (Å²) in [6.07, 6.45) is 1.99. The zero-order chi connectivity index (χ0) is 32.4. The van der Waals surface area contributed by atoms with Crippen molar-refractivity contribution in [2.75, 3.05) is 19.7 Å². The summed E-state index contributed by atoms with van der Waals surface area (Å²) in [6, 6.07) is 29.2. The maximum absolute atomic E-state index is 12.3. The number of rotatable bonds is 10. The number of hydrogen-bond donors (Lipinski definition) is 0. The van der Waals surface area contributed by atoms with E-state index in [0.29, 0.717) is 18.7 Å². The number of fused-ring (bicyclic) bond motifs is 1. The van der Waals surface area contributed by atoms with Gasteiger partial charge in [0.15, 0.2) is 0 Å². The molecule has 3 atom stereocenters. The summed E-state index contributed by atoms with van der Waals surface area (Å²) in [7, 11) is -2.01. The first-order valence-electron chi connectivity index (χ1n) is 16.4. The number of carbonyl (C=O) groups excluding carboxylic acids is 1. The molecule has 45 heavy (non-hydrogen) atoms. The topological polar surface area (TPSA) is 46.9 Å². The highest BCUT2D eigenvalue weighted by molar-refractivity contribution is 6.74. The van der Waals surface area contributed by atoms with Crippen molar-refractivity contribution in [1.29, 1.82) is 0 Å². The second kappa shape index (κ2) is 13.5. The lowest BCUT2D eigenvalue weighted by atomic mass is 9.92. The van der Waals surface area contributed by atoms with Gasteiger partial charge in [0.1, 0.15) is 12.3 Å². The predicted octanol–water partition coefficient (Wildman–Crippen LogP) is 8.27. The van der Waals surface area contributed by atoms with Crippen LogP contribution in [0.5, 0.6) is 5.75 Å². The van der Waals surface area contributed by atoms with Crippen LogP contribution in [0, 0.1) is 0 Å². The normalized spacial score (nSPS) is 19.0. The molecule has 0 spiro atoms. The number of hydrogen-bond acceptors (Lipinski definition) is 5. The zero-order valence-electron chi connectivity index (χ0n) is 28.4. The molecule has 5 rings (SSSR count). The average Bonchev–Trinajstić information content (AvgIpc) is 3.37. The Labute approximate surface area is 271 Å². The Morgan fingerprint density at radius 1 is 0.911 bits per heavy atom. The minimum Gasteiger partial charge on any atom is -0.543 e. The van der Waals surface area contributed by atoms with E-state index in [1.807, 2.05) is 17.7 Å². The van der Waals surface area contributed by atoms with Crippen LogP contribution in [0.3, 0.4) is 0 Å². The van der Waals surface area contributed by atoms with E-state index in [1.165, 1.54) is 16.7 Å². The summed E-state index contributed by atoms with van der Waals surface area (Å²) in [5.41, 5.74) is 4.88. The molecule has 1 fully saturated rings. The van der Waals surface area contributed by atoms with Gasteiger partial charge in [-0.3, -0.25) is 14.6 Å². The summed E-state index contributed by atoms with van der Waals surface area (Å²) < 4.78 is 14.0. The fourth-order valence-corrected chi connectivity index (χ4v) is 7.29. The average molecular weight is 626 g/mol. The molecule has 0 radical (unpaired) electrons. The molecule has 0 aliphatic carbocycles. The Bertz CT molecular complexity index is 1590. The van der Waals surface area contributed by atoms with Crippen molar-refractivity contribution in [2.24, 2.45) is 0 Å². The summed E-state index contributed by atoms with van der Waals surface area (Å²) in [5, 5.41) is 1.24. The van der Waals surface area contributed by atoms with Crippen LogP contribution in [0.15, 0.2) is 85.1 Å². The van der Waals surface area contributed by atoms with E-state index in [0.717, 1.165) is 36.3 Å². The Kier molecular flexibility index (Phi) is 9.92. The molecule has 3 aromatic carbocycles. The van der Waals surface area contributed by atoms with Crippen molar-refractivity contribution in [1.82, 2.24) is 14.4 Å². The lowest BCUT2D eigenvalue weighted by molar-refractivity contribution is -0.143. The molecule has 0 N–H and O–H groups in total. The van der Waals surface area contributed by atoms with Crippen LogP contribution in [-0.2, 0) is 22.6 Å². The monoisotopic (exact) mass is 625 g/mol. The number of ether oxygens (including phenoxy) is 1. The molecule has 6 nitrogen and oxygen atoms in total. The zero-order valence-corrected chi connectivity index (χ0v) is 29.4. The molecule has 2 heterocycles. The maximum Gasteiger partial charge on any atom is 0.325 e. The summed E-state index contributed by atoms with van der Waals surface area (Å²) in [5.74, 6) is 0.737.